The molecule has 0 atom stereocenters. The van der Waals surface area contributed by atoms with Crippen LogP contribution in [0.3, 0.4) is 0 Å². The van der Waals surface area contributed by atoms with E-state index >= 15 is 0 Å². The van der Waals surface area contributed by atoms with E-state index in [0.717, 1.165) is 51.7 Å². The Morgan fingerprint density at radius 2 is 1.75 bits per heavy atom. The Hall–Kier alpha value is -4.03. The van der Waals surface area contributed by atoms with Crippen LogP contribution in [0.1, 0.15) is 37.8 Å². The van der Waals surface area contributed by atoms with E-state index in [-0.39, 0.29) is 0 Å². The number of rotatable bonds is 7. The van der Waals surface area contributed by atoms with E-state index in [1.165, 1.54) is 31.5 Å². The van der Waals surface area contributed by atoms with E-state index < -0.39 is 5.97 Å². The van der Waals surface area contributed by atoms with Crippen molar-refractivity contribution in [3.63, 3.8) is 0 Å². The molecule has 2 aromatic carbocycles. The van der Waals surface area contributed by atoms with Gasteiger partial charge in [0, 0.05) is 41.7 Å². The van der Waals surface area contributed by atoms with Crippen LogP contribution in [0.25, 0.3) is 28.2 Å². The predicted octanol–water partition coefficient (Wildman–Crippen LogP) is 6.76. The van der Waals surface area contributed by atoms with Crippen molar-refractivity contribution in [2.75, 3.05) is 18.4 Å². The summed E-state index contributed by atoms with van der Waals surface area (Å²) in [6.07, 6.45) is 8.88. The Labute approximate surface area is 212 Å². The van der Waals surface area contributed by atoms with E-state index in [2.05, 4.69) is 39.5 Å². The van der Waals surface area contributed by atoms with Gasteiger partial charge < -0.3 is 10.4 Å². The minimum Gasteiger partial charge on any atom is -0.478 e. The van der Waals surface area contributed by atoms with E-state index in [1.807, 2.05) is 56.4 Å². The van der Waals surface area contributed by atoms with Crippen LogP contribution < -0.4 is 5.32 Å². The lowest BCUT2D eigenvalue weighted by molar-refractivity contribution is -0.131. The number of carboxylic acids is 1. The summed E-state index contributed by atoms with van der Waals surface area (Å²) in [5, 5.41) is 13.3. The molecule has 1 saturated heterocycles. The first kappa shape index (κ1) is 25.1. The molecule has 1 fully saturated rings. The molecule has 0 radical (unpaired) electrons. The molecule has 0 saturated carbocycles. The molecule has 0 aliphatic carbocycles. The zero-order valence-electron chi connectivity index (χ0n) is 20.8. The first-order chi connectivity index (χ1) is 17.6. The highest BCUT2D eigenvalue weighted by Gasteiger charge is 2.12. The van der Waals surface area contributed by atoms with Crippen LogP contribution in [0.5, 0.6) is 0 Å². The van der Waals surface area contributed by atoms with Gasteiger partial charge in [0.25, 0.3) is 0 Å². The van der Waals surface area contributed by atoms with E-state index in [1.54, 1.807) is 12.3 Å². The van der Waals surface area contributed by atoms with Crippen molar-refractivity contribution < 1.29 is 9.90 Å². The normalized spacial score (nSPS) is 13.5. The molecule has 3 heterocycles. The van der Waals surface area contributed by atoms with E-state index in [4.69, 9.17) is 10.1 Å². The van der Waals surface area contributed by atoms with Crippen molar-refractivity contribution in [2.24, 2.45) is 0 Å². The standard InChI is InChI=1S/C28H26N4O2.C2H6/c33-28(34)12-7-20-3-8-22(9-4-20)26-17-27(24-18-29-14-13-25(24)31-26)30-23-10-5-21(6-11-23)19-32-15-1-2-16-32;1-2/h3-14,17-18H,1-2,15-16,19H2,(H,30,31)(H,33,34);1-2H3/b12-7+;. The Bertz CT molecular complexity index is 1330. The number of pyridine rings is 2. The van der Waals surface area contributed by atoms with Gasteiger partial charge in [-0.2, -0.15) is 0 Å². The number of benzene rings is 2. The summed E-state index contributed by atoms with van der Waals surface area (Å²) < 4.78 is 0. The molecule has 4 aromatic rings. The molecule has 0 spiro atoms. The molecule has 6 heteroatoms. The summed E-state index contributed by atoms with van der Waals surface area (Å²) in [5.41, 5.74) is 6.75. The Balaban J connectivity index is 0.00000148. The first-order valence-electron chi connectivity index (χ1n) is 12.5. The summed E-state index contributed by atoms with van der Waals surface area (Å²) in [6.45, 7) is 7.38. The highest BCUT2D eigenvalue weighted by atomic mass is 16.4. The molecule has 0 amide bonds. The molecule has 6 nitrogen and oxygen atoms in total. The zero-order valence-corrected chi connectivity index (χ0v) is 20.8. The smallest absolute Gasteiger partial charge is 0.328 e. The number of aromatic nitrogens is 2. The molecule has 2 N–H and O–H groups in total. The summed E-state index contributed by atoms with van der Waals surface area (Å²) >= 11 is 0. The molecule has 0 bridgehead atoms. The van der Waals surface area contributed by atoms with Crippen LogP contribution in [0.15, 0.2) is 79.1 Å². The molecule has 36 heavy (non-hydrogen) atoms. The minimum atomic E-state index is -0.964. The van der Waals surface area contributed by atoms with Gasteiger partial charge in [-0.15, -0.1) is 0 Å². The number of hydrogen-bond donors (Lipinski definition) is 2. The summed E-state index contributed by atoms with van der Waals surface area (Å²) in [4.78, 5) is 22.4. The summed E-state index contributed by atoms with van der Waals surface area (Å²) in [6, 6.07) is 20.2. The number of hydrogen-bond acceptors (Lipinski definition) is 5. The van der Waals surface area contributed by atoms with E-state index in [0.29, 0.717) is 0 Å². The Kier molecular flexibility index (Phi) is 8.42. The molecule has 5 rings (SSSR count). The first-order valence-corrected chi connectivity index (χ1v) is 12.5. The quantitative estimate of drug-likeness (QED) is 0.285. The van der Waals surface area contributed by atoms with Crippen molar-refractivity contribution in [2.45, 2.75) is 33.2 Å². The number of nitrogens with one attached hydrogen (secondary N) is 1. The maximum absolute atomic E-state index is 10.8. The SMILES string of the molecule is CC.O=C(O)/C=C/c1ccc(-c2cc(Nc3ccc(CN4CCCC4)cc3)c3cnccc3n2)cc1. The summed E-state index contributed by atoms with van der Waals surface area (Å²) in [5.74, 6) is -0.964. The highest BCUT2D eigenvalue weighted by Crippen LogP contribution is 2.30. The van der Waals surface area contributed by atoms with Gasteiger partial charge >= 0.3 is 5.97 Å². The van der Waals surface area contributed by atoms with Gasteiger partial charge in [-0.05, 0) is 67.4 Å². The van der Waals surface area contributed by atoms with Gasteiger partial charge in [-0.1, -0.05) is 50.2 Å². The lowest BCUT2D eigenvalue weighted by Gasteiger charge is -2.15. The third-order valence-electron chi connectivity index (χ3n) is 6.07. The fourth-order valence-corrected chi connectivity index (χ4v) is 4.30. The number of aliphatic carboxylic acids is 1. The van der Waals surface area contributed by atoms with Crippen molar-refractivity contribution in [1.82, 2.24) is 14.9 Å². The van der Waals surface area contributed by atoms with Crippen molar-refractivity contribution in [3.8, 4) is 11.3 Å². The third kappa shape index (κ3) is 6.34. The number of likely N-dealkylation sites (tertiary alicyclic amines) is 1. The molecule has 1 aliphatic heterocycles. The average Bonchev–Trinajstić information content (AvgIpc) is 3.43. The monoisotopic (exact) mass is 480 g/mol. The number of anilines is 2. The Morgan fingerprint density at radius 3 is 2.44 bits per heavy atom. The molecule has 0 unspecified atom stereocenters. The minimum absolute atomic E-state index is 0.823. The number of nitrogens with zero attached hydrogens (tertiary/aromatic N) is 3. The van der Waals surface area contributed by atoms with Crippen LogP contribution in [0.2, 0.25) is 0 Å². The van der Waals surface area contributed by atoms with Crippen LogP contribution in [0, 0.1) is 0 Å². The van der Waals surface area contributed by atoms with Crippen LogP contribution in [-0.2, 0) is 11.3 Å². The summed E-state index contributed by atoms with van der Waals surface area (Å²) in [7, 11) is 0. The van der Waals surface area contributed by atoms with Crippen molar-refractivity contribution in [1.29, 1.82) is 0 Å². The van der Waals surface area contributed by atoms with Gasteiger partial charge in [0.2, 0.25) is 0 Å². The maximum Gasteiger partial charge on any atom is 0.328 e. The second kappa shape index (κ2) is 12.1. The maximum atomic E-state index is 10.8. The van der Waals surface area contributed by atoms with Crippen LogP contribution in [-0.4, -0.2) is 39.0 Å². The van der Waals surface area contributed by atoms with Gasteiger partial charge in [0.15, 0.2) is 0 Å². The van der Waals surface area contributed by atoms with Gasteiger partial charge in [-0.3, -0.25) is 9.88 Å². The van der Waals surface area contributed by atoms with Gasteiger partial charge in [-0.25, -0.2) is 9.78 Å². The fourth-order valence-electron chi connectivity index (χ4n) is 4.30. The van der Waals surface area contributed by atoms with Crippen LogP contribution >= 0.6 is 0 Å². The number of carbonyl (C=O) groups is 1. The number of carboxylic acid groups (broad SMARTS) is 1. The second-order valence-electron chi connectivity index (χ2n) is 8.55. The molecular formula is C30H32N4O2. The third-order valence-corrected chi connectivity index (χ3v) is 6.07. The lowest BCUT2D eigenvalue weighted by Crippen LogP contribution is -2.18. The molecule has 1 aliphatic rings. The predicted molar refractivity (Wildman–Crippen MR) is 147 cm³/mol. The highest BCUT2D eigenvalue weighted by molar-refractivity contribution is 5.95. The fraction of sp³-hybridized carbons (Fsp3) is 0.233. The lowest BCUT2D eigenvalue weighted by atomic mass is 10.1. The van der Waals surface area contributed by atoms with Crippen molar-refractivity contribution in [3.05, 3.63) is 90.3 Å². The number of fused-ring (bicyclic) bond motifs is 1. The van der Waals surface area contributed by atoms with E-state index in [9.17, 15) is 4.79 Å². The molecular weight excluding hydrogens is 448 g/mol. The van der Waals surface area contributed by atoms with Gasteiger partial charge in [0.05, 0.1) is 16.9 Å². The topological polar surface area (TPSA) is 78.4 Å². The largest absolute Gasteiger partial charge is 0.478 e. The van der Waals surface area contributed by atoms with Gasteiger partial charge in [0.1, 0.15) is 0 Å². The molecule has 184 valence electrons. The zero-order chi connectivity index (χ0) is 25.3. The van der Waals surface area contributed by atoms with Crippen molar-refractivity contribution >= 4 is 34.3 Å². The van der Waals surface area contributed by atoms with Crippen LogP contribution in [0.4, 0.5) is 11.4 Å². The second-order valence-corrected chi connectivity index (χ2v) is 8.55. The Morgan fingerprint density at radius 1 is 1.03 bits per heavy atom. The molecule has 2 aromatic heterocycles. The average molecular weight is 481 g/mol.